The summed E-state index contributed by atoms with van der Waals surface area (Å²) in [6.07, 6.45) is -0.499. The Morgan fingerprint density at radius 2 is 2.28 bits per heavy atom. The molecule has 0 aliphatic carbocycles. The first-order valence-electron chi connectivity index (χ1n) is 5.97. The highest BCUT2D eigenvalue weighted by atomic mass is 16.5. The minimum absolute atomic E-state index is 0.00693. The summed E-state index contributed by atoms with van der Waals surface area (Å²) in [6.45, 7) is 4.66. The predicted octanol–water partition coefficient (Wildman–Crippen LogP) is 1.20. The fourth-order valence-electron chi connectivity index (χ4n) is 1.72. The Balaban J connectivity index is 2.19. The van der Waals surface area contributed by atoms with E-state index < -0.39 is 6.10 Å². The summed E-state index contributed by atoms with van der Waals surface area (Å²) in [4.78, 5) is 23.3. The van der Waals surface area contributed by atoms with Gasteiger partial charge in [-0.15, -0.1) is 0 Å². The quantitative estimate of drug-likeness (QED) is 0.786. The minimum Gasteiger partial charge on any atom is -0.479 e. The molecule has 0 fully saturated rings. The highest BCUT2D eigenvalue weighted by Crippen LogP contribution is 2.30. The monoisotopic (exact) mass is 248 g/mol. The lowest BCUT2D eigenvalue weighted by molar-refractivity contribution is -0.122. The summed E-state index contributed by atoms with van der Waals surface area (Å²) >= 11 is 0. The van der Waals surface area contributed by atoms with Gasteiger partial charge in [0, 0.05) is 5.56 Å². The maximum atomic E-state index is 11.8. The van der Waals surface area contributed by atoms with E-state index in [9.17, 15) is 9.59 Å². The Bertz CT molecular complexity index is 485. The number of Topliss-reactive ketones (excluding diaryl/α,β-unsaturated/α-hetero) is 1. The van der Waals surface area contributed by atoms with Crippen LogP contribution in [0.4, 0.5) is 5.69 Å². The van der Waals surface area contributed by atoms with Gasteiger partial charge in [-0.2, -0.15) is 0 Å². The van der Waals surface area contributed by atoms with Gasteiger partial charge in [0.2, 0.25) is 0 Å². The molecule has 1 atom stereocenters. The van der Waals surface area contributed by atoms with Crippen LogP contribution in [0.15, 0.2) is 18.2 Å². The molecule has 0 saturated carbocycles. The number of hydrogen-bond donors (Lipinski definition) is 2. The molecule has 0 bridgehead atoms. The second kappa shape index (κ2) is 5.18. The molecule has 0 aromatic heterocycles. The molecule has 0 radical (unpaired) electrons. The highest BCUT2D eigenvalue weighted by Gasteiger charge is 2.24. The fraction of sp³-hybridized carbons (Fsp3) is 0.385. The van der Waals surface area contributed by atoms with E-state index in [1.54, 1.807) is 25.1 Å². The van der Waals surface area contributed by atoms with Crippen LogP contribution in [0.5, 0.6) is 5.75 Å². The molecule has 1 aromatic rings. The first-order valence-corrected chi connectivity index (χ1v) is 5.97. The van der Waals surface area contributed by atoms with E-state index in [0.29, 0.717) is 23.5 Å². The molecule has 18 heavy (non-hydrogen) atoms. The number of carbonyl (C=O) groups excluding carboxylic acids is 2. The van der Waals surface area contributed by atoms with Gasteiger partial charge in [-0.05, 0) is 31.7 Å². The van der Waals surface area contributed by atoms with Crippen LogP contribution in [-0.2, 0) is 4.79 Å². The minimum atomic E-state index is -0.499. The van der Waals surface area contributed by atoms with Gasteiger partial charge in [-0.1, -0.05) is 6.92 Å². The lowest BCUT2D eigenvalue weighted by atomic mass is 10.1. The third kappa shape index (κ3) is 2.51. The second-order valence-corrected chi connectivity index (χ2v) is 4.16. The number of benzene rings is 1. The normalized spacial score (nSPS) is 17.7. The number of fused-ring (bicyclic) bond motifs is 1. The smallest absolute Gasteiger partial charge is 0.265 e. The molecular weight excluding hydrogens is 232 g/mol. The van der Waals surface area contributed by atoms with E-state index in [1.807, 2.05) is 6.92 Å². The van der Waals surface area contributed by atoms with Crippen LogP contribution in [0, 0.1) is 0 Å². The van der Waals surface area contributed by atoms with E-state index in [2.05, 4.69) is 10.6 Å². The van der Waals surface area contributed by atoms with Crippen molar-refractivity contribution < 1.29 is 14.3 Å². The van der Waals surface area contributed by atoms with Crippen molar-refractivity contribution in [3.63, 3.8) is 0 Å². The van der Waals surface area contributed by atoms with Gasteiger partial charge in [-0.25, -0.2) is 0 Å². The third-order valence-electron chi connectivity index (χ3n) is 2.77. The lowest BCUT2D eigenvalue weighted by Crippen LogP contribution is -2.34. The van der Waals surface area contributed by atoms with Crippen LogP contribution >= 0.6 is 0 Å². The van der Waals surface area contributed by atoms with Gasteiger partial charge in [0.15, 0.2) is 11.9 Å². The SMILES string of the molecule is CCNCC(=O)c1ccc2c(c1)NC(=O)C(C)O2. The number of likely N-dealkylation sites (N-methyl/N-ethyl adjacent to an activating group) is 1. The molecule has 0 spiro atoms. The van der Waals surface area contributed by atoms with Crippen LogP contribution in [0.1, 0.15) is 24.2 Å². The number of amides is 1. The van der Waals surface area contributed by atoms with Gasteiger partial charge in [-0.3, -0.25) is 9.59 Å². The van der Waals surface area contributed by atoms with Gasteiger partial charge in [0.25, 0.3) is 5.91 Å². The maximum Gasteiger partial charge on any atom is 0.265 e. The van der Waals surface area contributed by atoms with Crippen molar-refractivity contribution in [3.05, 3.63) is 23.8 Å². The van der Waals surface area contributed by atoms with Gasteiger partial charge in [0.05, 0.1) is 12.2 Å². The first-order chi connectivity index (χ1) is 8.61. The second-order valence-electron chi connectivity index (χ2n) is 4.16. The summed E-state index contributed by atoms with van der Waals surface area (Å²) in [6, 6.07) is 5.08. The van der Waals surface area contributed by atoms with Crippen molar-refractivity contribution in [1.82, 2.24) is 5.32 Å². The zero-order valence-corrected chi connectivity index (χ0v) is 10.4. The summed E-state index contributed by atoms with van der Waals surface area (Å²) in [7, 11) is 0. The molecular formula is C13H16N2O3. The molecule has 1 aliphatic heterocycles. The predicted molar refractivity (Wildman–Crippen MR) is 68.0 cm³/mol. The molecule has 0 saturated heterocycles. The van der Waals surface area contributed by atoms with Gasteiger partial charge in [0.1, 0.15) is 5.75 Å². The van der Waals surface area contributed by atoms with Crippen molar-refractivity contribution >= 4 is 17.4 Å². The van der Waals surface area contributed by atoms with Gasteiger partial charge < -0.3 is 15.4 Å². The van der Waals surface area contributed by atoms with E-state index in [1.165, 1.54) is 0 Å². The van der Waals surface area contributed by atoms with E-state index in [0.717, 1.165) is 6.54 Å². The highest BCUT2D eigenvalue weighted by molar-refractivity contribution is 6.02. The lowest BCUT2D eigenvalue weighted by Gasteiger charge is -2.23. The van der Waals surface area contributed by atoms with Crippen LogP contribution < -0.4 is 15.4 Å². The molecule has 96 valence electrons. The Labute approximate surface area is 106 Å². The summed E-state index contributed by atoms with van der Waals surface area (Å²) in [5.74, 6) is 0.397. The van der Waals surface area contributed by atoms with Crippen molar-refractivity contribution in [2.75, 3.05) is 18.4 Å². The summed E-state index contributed by atoms with van der Waals surface area (Å²) < 4.78 is 5.42. The Morgan fingerprint density at radius 3 is 3.00 bits per heavy atom. The Kier molecular flexibility index (Phi) is 3.62. The molecule has 5 nitrogen and oxygen atoms in total. The largest absolute Gasteiger partial charge is 0.479 e. The van der Waals surface area contributed by atoms with Crippen molar-refractivity contribution in [3.8, 4) is 5.75 Å². The third-order valence-corrected chi connectivity index (χ3v) is 2.77. The fourth-order valence-corrected chi connectivity index (χ4v) is 1.72. The zero-order valence-electron chi connectivity index (χ0n) is 10.4. The maximum absolute atomic E-state index is 11.8. The number of nitrogens with one attached hydrogen (secondary N) is 2. The first kappa shape index (κ1) is 12.6. The Hall–Kier alpha value is -1.88. The van der Waals surface area contributed by atoms with Crippen LogP contribution in [0.3, 0.4) is 0 Å². The summed E-state index contributed by atoms with van der Waals surface area (Å²) in [5, 5.41) is 5.70. The average Bonchev–Trinajstić information content (AvgIpc) is 2.36. The molecule has 1 heterocycles. The molecule has 1 unspecified atom stereocenters. The standard InChI is InChI=1S/C13H16N2O3/c1-3-14-7-11(16)9-4-5-12-10(6-9)15-13(17)8(2)18-12/h4-6,8,14H,3,7H2,1-2H3,(H,15,17). The number of anilines is 1. The van der Waals surface area contributed by atoms with Crippen LogP contribution in [-0.4, -0.2) is 30.9 Å². The molecule has 1 amide bonds. The molecule has 5 heteroatoms. The van der Waals surface area contributed by atoms with Crippen molar-refractivity contribution in [1.29, 1.82) is 0 Å². The topological polar surface area (TPSA) is 67.4 Å². The number of hydrogen-bond acceptors (Lipinski definition) is 4. The van der Waals surface area contributed by atoms with Crippen molar-refractivity contribution in [2.45, 2.75) is 20.0 Å². The number of ether oxygens (including phenoxy) is 1. The number of carbonyl (C=O) groups is 2. The van der Waals surface area contributed by atoms with E-state index in [-0.39, 0.29) is 11.7 Å². The molecule has 2 rings (SSSR count). The van der Waals surface area contributed by atoms with E-state index >= 15 is 0 Å². The van der Waals surface area contributed by atoms with Gasteiger partial charge >= 0.3 is 0 Å². The molecule has 2 N–H and O–H groups in total. The molecule has 1 aromatic carbocycles. The van der Waals surface area contributed by atoms with Crippen LogP contribution in [0.2, 0.25) is 0 Å². The number of rotatable bonds is 4. The molecule has 1 aliphatic rings. The van der Waals surface area contributed by atoms with Crippen LogP contribution in [0.25, 0.3) is 0 Å². The summed E-state index contributed by atoms with van der Waals surface area (Å²) in [5.41, 5.74) is 1.12. The average molecular weight is 248 g/mol. The zero-order chi connectivity index (χ0) is 13.1. The van der Waals surface area contributed by atoms with E-state index in [4.69, 9.17) is 4.74 Å². The Morgan fingerprint density at radius 1 is 1.50 bits per heavy atom. The number of ketones is 1. The van der Waals surface area contributed by atoms with Crippen molar-refractivity contribution in [2.24, 2.45) is 0 Å².